The summed E-state index contributed by atoms with van der Waals surface area (Å²) in [6, 6.07) is 11.9. The lowest BCUT2D eigenvalue weighted by molar-refractivity contribution is -0.125. The number of morpholine rings is 1. The molecule has 0 bridgehead atoms. The third kappa shape index (κ3) is 4.37. The first-order chi connectivity index (χ1) is 14.5. The molecular weight excluding hydrogens is 412 g/mol. The number of hydrogen-bond acceptors (Lipinski definition) is 6. The number of rotatable bonds is 5. The molecule has 0 radical (unpaired) electrons. The van der Waals surface area contributed by atoms with E-state index in [-0.39, 0.29) is 36.5 Å². The van der Waals surface area contributed by atoms with Crippen molar-refractivity contribution in [3.63, 3.8) is 0 Å². The van der Waals surface area contributed by atoms with Crippen LogP contribution in [0.15, 0.2) is 42.5 Å². The minimum atomic E-state index is -0.499. The lowest BCUT2D eigenvalue weighted by Gasteiger charge is -2.27. The van der Waals surface area contributed by atoms with Crippen LogP contribution in [0.3, 0.4) is 0 Å². The fraction of sp³-hybridized carbons (Fsp3) is 0.300. The van der Waals surface area contributed by atoms with Gasteiger partial charge < -0.3 is 19.7 Å². The Bertz CT molecular complexity index is 968. The maximum atomic E-state index is 12.3. The van der Waals surface area contributed by atoms with Crippen molar-refractivity contribution in [2.24, 2.45) is 0 Å². The number of anilines is 2. The highest BCUT2D eigenvalue weighted by atomic mass is 35.5. The first-order valence-electron chi connectivity index (χ1n) is 9.38. The summed E-state index contributed by atoms with van der Waals surface area (Å²) in [5.74, 6) is -0.494. The number of hydrogen-bond donors (Lipinski definition) is 1. The smallest absolute Gasteiger partial charge is 0.414 e. The zero-order valence-corrected chi connectivity index (χ0v) is 16.7. The van der Waals surface area contributed by atoms with Gasteiger partial charge in [0.05, 0.1) is 19.7 Å². The summed E-state index contributed by atoms with van der Waals surface area (Å²) < 4.78 is 10.5. The van der Waals surface area contributed by atoms with Gasteiger partial charge in [-0.3, -0.25) is 14.5 Å². The zero-order valence-electron chi connectivity index (χ0n) is 15.9. The maximum absolute atomic E-state index is 12.3. The number of nitrogens with zero attached hydrogens (tertiary/aromatic N) is 3. The first-order valence-corrected chi connectivity index (χ1v) is 9.76. The third-order valence-electron chi connectivity index (χ3n) is 4.77. The number of ether oxygens (including phenoxy) is 2. The highest BCUT2D eigenvalue weighted by Gasteiger charge is 2.33. The van der Waals surface area contributed by atoms with E-state index in [0.717, 1.165) is 5.69 Å². The predicted molar refractivity (Wildman–Crippen MR) is 109 cm³/mol. The van der Waals surface area contributed by atoms with Crippen LogP contribution in [0.5, 0.6) is 0 Å². The van der Waals surface area contributed by atoms with Gasteiger partial charge in [0.15, 0.2) is 0 Å². The van der Waals surface area contributed by atoms with Crippen molar-refractivity contribution in [1.29, 1.82) is 0 Å². The van der Waals surface area contributed by atoms with Crippen LogP contribution in [-0.4, -0.2) is 61.8 Å². The van der Waals surface area contributed by atoms with E-state index >= 15 is 0 Å². The molecule has 2 saturated heterocycles. The Morgan fingerprint density at radius 2 is 1.87 bits per heavy atom. The molecule has 9 nitrogen and oxygen atoms in total. The fourth-order valence-electron chi connectivity index (χ4n) is 3.27. The van der Waals surface area contributed by atoms with Gasteiger partial charge in [0.2, 0.25) is 0 Å². The summed E-state index contributed by atoms with van der Waals surface area (Å²) in [4.78, 5) is 43.5. The Labute approximate surface area is 177 Å². The summed E-state index contributed by atoms with van der Waals surface area (Å²) in [5, 5.41) is 2.92. The van der Waals surface area contributed by atoms with Crippen molar-refractivity contribution in [1.82, 2.24) is 10.3 Å². The molecule has 1 aromatic heterocycles. The molecule has 10 heteroatoms. The average molecular weight is 431 g/mol. The van der Waals surface area contributed by atoms with Gasteiger partial charge in [-0.1, -0.05) is 17.7 Å². The second kappa shape index (κ2) is 8.68. The fourth-order valence-corrected chi connectivity index (χ4v) is 3.44. The Hall–Kier alpha value is -3.17. The van der Waals surface area contributed by atoms with Crippen molar-refractivity contribution in [3.05, 3.63) is 53.3 Å². The molecule has 4 rings (SSSR count). The van der Waals surface area contributed by atoms with Gasteiger partial charge in [-0.2, -0.15) is 0 Å². The van der Waals surface area contributed by atoms with Crippen LogP contribution in [0.4, 0.5) is 16.2 Å². The van der Waals surface area contributed by atoms with Crippen molar-refractivity contribution in [2.45, 2.75) is 6.10 Å². The van der Waals surface area contributed by atoms with Crippen molar-refractivity contribution in [2.75, 3.05) is 42.6 Å². The first kappa shape index (κ1) is 20.1. The van der Waals surface area contributed by atoms with Crippen LogP contribution < -0.4 is 15.1 Å². The molecule has 156 valence electrons. The Kier molecular flexibility index (Phi) is 5.82. The number of amides is 3. The average Bonchev–Trinajstić information content (AvgIpc) is 3.13. The number of cyclic esters (lactones) is 1. The van der Waals surface area contributed by atoms with Crippen molar-refractivity contribution < 1.29 is 23.9 Å². The van der Waals surface area contributed by atoms with Gasteiger partial charge in [0.1, 0.15) is 23.6 Å². The largest absolute Gasteiger partial charge is 0.442 e. The van der Waals surface area contributed by atoms with Crippen LogP contribution >= 0.6 is 11.6 Å². The number of carbonyl (C=O) groups is 3. The molecule has 2 aliphatic heterocycles. The number of nitrogens with one attached hydrogen (secondary N) is 1. The predicted octanol–water partition coefficient (Wildman–Crippen LogP) is 1.85. The molecule has 2 fully saturated rings. The van der Waals surface area contributed by atoms with Gasteiger partial charge in [0, 0.05) is 17.9 Å². The monoisotopic (exact) mass is 430 g/mol. The van der Waals surface area contributed by atoms with E-state index < -0.39 is 18.1 Å². The summed E-state index contributed by atoms with van der Waals surface area (Å²) in [6.45, 7) is 1.49. The third-order valence-corrected chi connectivity index (χ3v) is 4.98. The Balaban J connectivity index is 1.35. The maximum Gasteiger partial charge on any atom is 0.414 e. The summed E-state index contributed by atoms with van der Waals surface area (Å²) in [5.41, 5.74) is 1.59. The minimum Gasteiger partial charge on any atom is -0.442 e. The molecular formula is C20H19ClN4O5. The SMILES string of the molecule is O=C(NC[C@@H]1CN(c2ccc(N3CCOCC3=O)cc2)C(=O)O1)c1cccc(Cl)n1. The summed E-state index contributed by atoms with van der Waals surface area (Å²) in [6.07, 6.45) is -0.994. The van der Waals surface area contributed by atoms with Gasteiger partial charge in [-0.15, -0.1) is 0 Å². The van der Waals surface area contributed by atoms with E-state index in [9.17, 15) is 14.4 Å². The number of carbonyl (C=O) groups excluding carboxylic acids is 3. The van der Waals surface area contributed by atoms with E-state index in [1.807, 2.05) is 0 Å². The molecule has 1 N–H and O–H groups in total. The van der Waals surface area contributed by atoms with E-state index in [4.69, 9.17) is 21.1 Å². The molecule has 30 heavy (non-hydrogen) atoms. The molecule has 0 unspecified atom stereocenters. The zero-order chi connectivity index (χ0) is 21.1. The van der Waals surface area contributed by atoms with E-state index in [1.54, 1.807) is 47.4 Å². The Morgan fingerprint density at radius 1 is 1.13 bits per heavy atom. The second-order valence-electron chi connectivity index (χ2n) is 6.79. The van der Waals surface area contributed by atoms with Crippen LogP contribution in [-0.2, 0) is 14.3 Å². The van der Waals surface area contributed by atoms with E-state index in [1.165, 1.54) is 4.90 Å². The van der Waals surface area contributed by atoms with Crippen LogP contribution in [0.25, 0.3) is 0 Å². The van der Waals surface area contributed by atoms with Gasteiger partial charge >= 0.3 is 6.09 Å². The van der Waals surface area contributed by atoms with E-state index in [0.29, 0.717) is 18.8 Å². The molecule has 1 aromatic carbocycles. The standard InChI is InChI=1S/C20H19ClN4O5/c21-17-3-1-2-16(23-17)19(27)22-10-15-11-25(20(28)30-15)14-6-4-13(5-7-14)24-8-9-29-12-18(24)26/h1-7,15H,8-12H2,(H,22,27)/t15-/m1/s1. The molecule has 3 amide bonds. The number of benzene rings is 1. The van der Waals surface area contributed by atoms with Crippen LogP contribution in [0.1, 0.15) is 10.5 Å². The number of pyridine rings is 1. The summed E-state index contributed by atoms with van der Waals surface area (Å²) >= 11 is 5.80. The molecule has 2 aromatic rings. The normalized spacial score (nSPS) is 19.0. The van der Waals surface area contributed by atoms with Gasteiger partial charge in [0.25, 0.3) is 11.8 Å². The van der Waals surface area contributed by atoms with Crippen LogP contribution in [0.2, 0.25) is 5.15 Å². The highest BCUT2D eigenvalue weighted by molar-refractivity contribution is 6.29. The lowest BCUT2D eigenvalue weighted by atomic mass is 10.2. The molecule has 1 atom stereocenters. The Morgan fingerprint density at radius 3 is 2.57 bits per heavy atom. The van der Waals surface area contributed by atoms with Gasteiger partial charge in [-0.05, 0) is 36.4 Å². The summed E-state index contributed by atoms with van der Waals surface area (Å²) in [7, 11) is 0. The molecule has 2 aliphatic rings. The highest BCUT2D eigenvalue weighted by Crippen LogP contribution is 2.25. The van der Waals surface area contributed by atoms with Crippen LogP contribution in [0, 0.1) is 0 Å². The minimum absolute atomic E-state index is 0.0678. The topological polar surface area (TPSA) is 101 Å². The molecule has 3 heterocycles. The van der Waals surface area contributed by atoms with Crippen molar-refractivity contribution >= 4 is 40.9 Å². The second-order valence-corrected chi connectivity index (χ2v) is 7.17. The molecule has 0 aliphatic carbocycles. The van der Waals surface area contributed by atoms with E-state index in [2.05, 4.69) is 10.3 Å². The molecule has 0 spiro atoms. The quantitative estimate of drug-likeness (QED) is 0.726. The molecule has 0 saturated carbocycles. The van der Waals surface area contributed by atoms with Crippen molar-refractivity contribution in [3.8, 4) is 0 Å². The lowest BCUT2D eigenvalue weighted by Crippen LogP contribution is -2.41. The number of aromatic nitrogens is 1. The number of halogens is 1. The van der Waals surface area contributed by atoms with Gasteiger partial charge in [-0.25, -0.2) is 9.78 Å².